The molecule has 2 aliphatic rings. The van der Waals surface area contributed by atoms with E-state index in [0.29, 0.717) is 5.82 Å². The Bertz CT molecular complexity index is 3710. The average molecular weight is 921 g/mol. The number of nitrogens with zero attached hydrogens (tertiary/aromatic N) is 2. The van der Waals surface area contributed by atoms with Crippen LogP contribution in [-0.4, -0.2) is 9.97 Å². The first-order valence-electron chi connectivity index (χ1n) is 25.1. The molecule has 0 radical (unpaired) electrons. The number of aromatic nitrogens is 2. The maximum atomic E-state index is 5.38. The van der Waals surface area contributed by atoms with Gasteiger partial charge in [0.2, 0.25) is 0 Å². The monoisotopic (exact) mass is 920 g/mol. The minimum Gasteiger partial charge on any atom is -0.228 e. The molecule has 2 heteroatoms. The van der Waals surface area contributed by atoms with Crippen molar-refractivity contribution in [1.82, 2.24) is 9.97 Å². The minimum atomic E-state index is 0.251. The van der Waals surface area contributed by atoms with E-state index in [1.165, 1.54) is 66.8 Å². The van der Waals surface area contributed by atoms with Gasteiger partial charge in [0.05, 0.1) is 11.4 Å². The fourth-order valence-electron chi connectivity index (χ4n) is 10.3. The van der Waals surface area contributed by atoms with E-state index < -0.39 is 0 Å². The second-order valence-electron chi connectivity index (χ2n) is 18.8. The lowest BCUT2D eigenvalue weighted by atomic mass is 9.85. The zero-order valence-corrected chi connectivity index (χ0v) is 40.1. The largest absolute Gasteiger partial charge is 0.228 e. The van der Waals surface area contributed by atoms with Crippen LogP contribution in [-0.2, 0) is 0 Å². The van der Waals surface area contributed by atoms with Crippen molar-refractivity contribution >= 4 is 11.1 Å². The topological polar surface area (TPSA) is 25.8 Å². The van der Waals surface area contributed by atoms with Gasteiger partial charge in [-0.15, -0.1) is 0 Å². The van der Waals surface area contributed by atoms with Crippen molar-refractivity contribution in [2.75, 3.05) is 0 Å². The predicted molar refractivity (Wildman–Crippen MR) is 303 cm³/mol. The highest BCUT2D eigenvalue weighted by molar-refractivity contribution is 5.82. The van der Waals surface area contributed by atoms with Crippen LogP contribution in [0.3, 0.4) is 0 Å². The first-order chi connectivity index (χ1) is 35.6. The lowest BCUT2D eigenvalue weighted by molar-refractivity contribution is 0.868. The molecule has 72 heavy (non-hydrogen) atoms. The Morgan fingerprint density at radius 3 is 1.32 bits per heavy atom. The SMILES string of the molecule is C1=CCCC(c2cccc(-c3cccc(-c4cccc(-c5nc(-c6ccc(-c7cccc(-c8cccc(-c9ccccc9)c8)c7)cc6)cc(-c6cccc(C7C=CC=C(c8ccccc8)C7)c6)n5)c4)c3)c2)=C1. The van der Waals surface area contributed by atoms with Crippen molar-refractivity contribution in [3.63, 3.8) is 0 Å². The van der Waals surface area contributed by atoms with E-state index in [-0.39, 0.29) is 5.92 Å². The molecule has 0 fully saturated rings. The number of benzene rings is 9. The molecular weight excluding hydrogens is 869 g/mol. The number of rotatable bonds is 11. The van der Waals surface area contributed by atoms with Gasteiger partial charge < -0.3 is 0 Å². The predicted octanol–water partition coefficient (Wildman–Crippen LogP) is 18.7. The normalized spacial score (nSPS) is 14.1. The summed E-state index contributed by atoms with van der Waals surface area (Å²) in [4.78, 5) is 10.7. The Hall–Kier alpha value is -8.98. The van der Waals surface area contributed by atoms with Gasteiger partial charge in [0.15, 0.2) is 5.82 Å². The molecule has 1 heterocycles. The first kappa shape index (κ1) is 44.2. The first-order valence-corrected chi connectivity index (χ1v) is 25.1. The maximum absolute atomic E-state index is 5.38. The maximum Gasteiger partial charge on any atom is 0.160 e. The van der Waals surface area contributed by atoms with E-state index in [2.05, 4.69) is 273 Å². The van der Waals surface area contributed by atoms with Crippen LogP contribution in [0.25, 0.3) is 101 Å². The Morgan fingerprint density at radius 1 is 0.306 bits per heavy atom. The molecule has 0 amide bonds. The minimum absolute atomic E-state index is 0.251. The molecule has 0 bridgehead atoms. The molecule has 2 aliphatic carbocycles. The van der Waals surface area contributed by atoms with Crippen molar-refractivity contribution in [1.29, 1.82) is 0 Å². The average Bonchev–Trinajstić information content (AvgIpc) is 3.48. The van der Waals surface area contributed by atoms with E-state index >= 15 is 0 Å². The number of hydrogen-bond acceptors (Lipinski definition) is 2. The lowest BCUT2D eigenvalue weighted by Gasteiger charge is -2.20. The summed E-state index contributed by atoms with van der Waals surface area (Å²) in [7, 11) is 0. The number of allylic oxidation sites excluding steroid dienone is 8. The zero-order valence-electron chi connectivity index (χ0n) is 40.1. The van der Waals surface area contributed by atoms with Gasteiger partial charge in [0.25, 0.3) is 0 Å². The van der Waals surface area contributed by atoms with Crippen LogP contribution in [0.15, 0.2) is 273 Å². The van der Waals surface area contributed by atoms with Gasteiger partial charge >= 0.3 is 0 Å². The summed E-state index contributed by atoms with van der Waals surface area (Å²) in [6, 6.07) is 85.4. The van der Waals surface area contributed by atoms with Crippen LogP contribution in [0, 0.1) is 0 Å². The molecular formula is C70H52N2. The summed E-state index contributed by atoms with van der Waals surface area (Å²) >= 11 is 0. The third kappa shape index (κ3) is 9.64. The summed E-state index contributed by atoms with van der Waals surface area (Å²) < 4.78 is 0. The summed E-state index contributed by atoms with van der Waals surface area (Å²) in [5.41, 5.74) is 23.2. The van der Waals surface area contributed by atoms with Crippen molar-refractivity contribution in [2.45, 2.75) is 25.2 Å². The summed E-state index contributed by atoms with van der Waals surface area (Å²) in [6.07, 6.45) is 16.5. The van der Waals surface area contributed by atoms with E-state index in [9.17, 15) is 0 Å². The third-order valence-electron chi connectivity index (χ3n) is 14.1. The van der Waals surface area contributed by atoms with E-state index in [0.717, 1.165) is 64.0 Å². The molecule has 1 atom stereocenters. The van der Waals surface area contributed by atoms with Gasteiger partial charge in [0, 0.05) is 22.6 Å². The van der Waals surface area contributed by atoms with Crippen LogP contribution in [0.4, 0.5) is 0 Å². The Labute approximate surface area is 423 Å². The van der Waals surface area contributed by atoms with Gasteiger partial charge in [-0.05, 0) is 145 Å². The molecule has 0 N–H and O–H groups in total. The quantitative estimate of drug-likeness (QED) is 0.129. The highest BCUT2D eigenvalue weighted by Gasteiger charge is 2.18. The van der Waals surface area contributed by atoms with Crippen molar-refractivity contribution in [2.24, 2.45) is 0 Å². The second kappa shape index (κ2) is 20.2. The van der Waals surface area contributed by atoms with E-state index in [1.807, 2.05) is 0 Å². The standard InChI is InChI=1S/C70H52N2/c1-4-17-49(18-5-1)54-23-10-27-58(41-54)60-29-13-26-57(44-60)52-37-39-53(40-38-52)68-48-69(66-35-15-33-64(46-66)61-30-12-25-56(43-61)51-21-8-3-9-22-51)72-70(71-68)67-36-16-34-65(47-67)63-32-14-31-62(45-63)59-28-11-24-55(42-59)50-19-6-2-7-20-50/h1-6,8-19,21-42,44-48,61H,7,20,43H2. The zero-order chi connectivity index (χ0) is 48.1. The van der Waals surface area contributed by atoms with Gasteiger partial charge in [-0.2, -0.15) is 0 Å². The molecule has 0 saturated carbocycles. The second-order valence-corrected chi connectivity index (χ2v) is 18.8. The van der Waals surface area contributed by atoms with E-state index in [1.54, 1.807) is 0 Å². The summed E-state index contributed by atoms with van der Waals surface area (Å²) in [5, 5.41) is 0. The molecule has 12 rings (SSSR count). The molecule has 0 aliphatic heterocycles. The molecule has 0 spiro atoms. The fourth-order valence-corrected chi connectivity index (χ4v) is 10.3. The van der Waals surface area contributed by atoms with Crippen LogP contribution in [0.5, 0.6) is 0 Å². The molecule has 342 valence electrons. The smallest absolute Gasteiger partial charge is 0.160 e. The summed E-state index contributed by atoms with van der Waals surface area (Å²) in [5.74, 6) is 0.941. The third-order valence-corrected chi connectivity index (χ3v) is 14.1. The molecule has 9 aromatic carbocycles. The van der Waals surface area contributed by atoms with E-state index in [4.69, 9.17) is 9.97 Å². The summed E-state index contributed by atoms with van der Waals surface area (Å²) in [6.45, 7) is 0. The Balaban J connectivity index is 0.890. The van der Waals surface area contributed by atoms with Crippen molar-refractivity contribution < 1.29 is 0 Å². The van der Waals surface area contributed by atoms with Gasteiger partial charge in [-0.25, -0.2) is 9.97 Å². The highest BCUT2D eigenvalue weighted by Crippen LogP contribution is 2.38. The molecule has 2 nitrogen and oxygen atoms in total. The van der Waals surface area contributed by atoms with Crippen molar-refractivity contribution in [3.8, 4) is 89.5 Å². The number of hydrogen-bond donors (Lipinski definition) is 0. The molecule has 1 aromatic heterocycles. The van der Waals surface area contributed by atoms with Gasteiger partial charge in [-0.1, -0.05) is 231 Å². The fraction of sp³-hybridized carbons (Fsp3) is 0.0571. The molecule has 10 aromatic rings. The van der Waals surface area contributed by atoms with Crippen molar-refractivity contribution in [3.05, 3.63) is 290 Å². The Kier molecular flexibility index (Phi) is 12.4. The Morgan fingerprint density at radius 2 is 0.736 bits per heavy atom. The lowest BCUT2D eigenvalue weighted by Crippen LogP contribution is -2.02. The van der Waals surface area contributed by atoms with Gasteiger partial charge in [-0.3, -0.25) is 0 Å². The van der Waals surface area contributed by atoms with Crippen LogP contribution in [0.1, 0.15) is 41.9 Å². The van der Waals surface area contributed by atoms with Gasteiger partial charge in [0.1, 0.15) is 0 Å². The highest BCUT2D eigenvalue weighted by atomic mass is 14.9. The van der Waals surface area contributed by atoms with Crippen LogP contribution >= 0.6 is 0 Å². The molecule has 1 unspecified atom stereocenters. The molecule has 0 saturated heterocycles. The van der Waals surface area contributed by atoms with Crippen LogP contribution in [0.2, 0.25) is 0 Å². The van der Waals surface area contributed by atoms with Crippen LogP contribution < -0.4 is 0 Å².